The fourth-order valence-corrected chi connectivity index (χ4v) is 1.93. The van der Waals surface area contributed by atoms with Gasteiger partial charge in [-0.1, -0.05) is 18.2 Å². The van der Waals surface area contributed by atoms with E-state index in [1.165, 1.54) is 0 Å². The third kappa shape index (κ3) is 2.83. The van der Waals surface area contributed by atoms with Crippen LogP contribution >= 0.6 is 0 Å². The number of rotatable bonds is 4. The maximum atomic E-state index is 11.2. The van der Waals surface area contributed by atoms with Crippen LogP contribution < -0.4 is 12.4 Å². The van der Waals surface area contributed by atoms with Crippen LogP contribution in [0.4, 0.5) is 0 Å². The zero-order chi connectivity index (χ0) is 12.4. The normalized spacial score (nSPS) is 10.6. The minimum atomic E-state index is -0.875. The number of carbonyl (C=O) groups is 1. The molecule has 0 saturated heterocycles. The van der Waals surface area contributed by atoms with E-state index in [9.17, 15) is 9.90 Å². The molecule has 0 saturated carbocycles. The van der Waals surface area contributed by atoms with Crippen LogP contribution in [0.3, 0.4) is 0 Å². The number of carboxylic acid groups (broad SMARTS) is 1. The Morgan fingerprint density at radius 1 is 1.33 bits per heavy atom. The zero-order valence-corrected chi connectivity index (χ0v) is 11.2. The van der Waals surface area contributed by atoms with Crippen molar-refractivity contribution in [2.45, 2.75) is 6.54 Å². The predicted octanol–water partition coefficient (Wildman–Crippen LogP) is -1.09. The lowest BCUT2D eigenvalue weighted by atomic mass is 10.2. The number of hydrogen-bond acceptors (Lipinski definition) is 2. The summed E-state index contributed by atoms with van der Waals surface area (Å²) in [6.45, 7) is 1.50. The number of fused-ring (bicyclic) bond motifs is 1. The van der Waals surface area contributed by atoms with Gasteiger partial charge in [0.15, 0.2) is 0 Å². The Balaban J connectivity index is 0.00000162. The second-order valence-corrected chi connectivity index (χ2v) is 4.35. The van der Waals surface area contributed by atoms with Crippen molar-refractivity contribution in [2.75, 3.05) is 20.6 Å². The van der Waals surface area contributed by atoms with Gasteiger partial charge in [-0.3, -0.25) is 0 Å². The molecule has 0 fully saturated rings. The van der Waals surface area contributed by atoms with E-state index in [0.717, 1.165) is 17.4 Å². The summed E-state index contributed by atoms with van der Waals surface area (Å²) in [5.74, 6) is -0.875. The van der Waals surface area contributed by atoms with Gasteiger partial charge in [0.25, 0.3) is 0 Å². The van der Waals surface area contributed by atoms with E-state index in [1.807, 2.05) is 47.8 Å². The Morgan fingerprint density at radius 3 is 2.61 bits per heavy atom. The highest BCUT2D eigenvalue weighted by molar-refractivity contribution is 5.94. The van der Waals surface area contributed by atoms with Gasteiger partial charge < -0.3 is 27.0 Å². The SMILES string of the molecule is CN(C)CCn1c(C(=O)O)cc2ccccc21.[Cl-]. The second kappa shape index (κ2) is 5.89. The highest BCUT2D eigenvalue weighted by Gasteiger charge is 2.13. The van der Waals surface area contributed by atoms with Crippen LogP contribution in [0, 0.1) is 0 Å². The quantitative estimate of drug-likeness (QED) is 0.765. The van der Waals surface area contributed by atoms with Crippen molar-refractivity contribution in [1.29, 1.82) is 0 Å². The molecule has 1 aromatic carbocycles. The van der Waals surface area contributed by atoms with E-state index in [4.69, 9.17) is 0 Å². The standard InChI is InChI=1S/C13H16N2O2.ClH/c1-14(2)7-8-15-11-6-4-3-5-10(11)9-12(15)13(16)17;/h3-6,9H,7-8H2,1-2H3,(H,16,17);1H/p-1. The van der Waals surface area contributed by atoms with Gasteiger partial charge in [0.1, 0.15) is 5.69 Å². The molecular weight excluding hydrogens is 252 g/mol. The maximum absolute atomic E-state index is 11.2. The molecule has 0 spiro atoms. The first kappa shape index (κ1) is 14.5. The number of nitrogens with zero attached hydrogens (tertiary/aromatic N) is 2. The number of benzene rings is 1. The van der Waals surface area contributed by atoms with Crippen LogP contribution in [0.15, 0.2) is 30.3 Å². The average Bonchev–Trinajstić information content (AvgIpc) is 2.65. The van der Waals surface area contributed by atoms with E-state index in [1.54, 1.807) is 6.07 Å². The van der Waals surface area contributed by atoms with Crippen LogP contribution in [-0.2, 0) is 6.54 Å². The zero-order valence-electron chi connectivity index (χ0n) is 10.4. The topological polar surface area (TPSA) is 45.5 Å². The Kier molecular flexibility index (Phi) is 4.76. The fraction of sp³-hybridized carbons (Fsp3) is 0.308. The van der Waals surface area contributed by atoms with Crippen molar-refractivity contribution in [2.24, 2.45) is 0 Å². The highest BCUT2D eigenvalue weighted by Crippen LogP contribution is 2.19. The lowest BCUT2D eigenvalue weighted by Gasteiger charge is -2.12. The van der Waals surface area contributed by atoms with Crippen molar-refractivity contribution in [3.8, 4) is 0 Å². The number of carboxylic acids is 1. The van der Waals surface area contributed by atoms with Crippen molar-refractivity contribution < 1.29 is 22.3 Å². The first-order valence-corrected chi connectivity index (χ1v) is 5.56. The summed E-state index contributed by atoms with van der Waals surface area (Å²) in [7, 11) is 3.96. The third-order valence-corrected chi connectivity index (χ3v) is 2.80. The molecule has 0 radical (unpaired) electrons. The highest BCUT2D eigenvalue weighted by atomic mass is 35.5. The molecule has 0 aliphatic rings. The van der Waals surface area contributed by atoms with Gasteiger partial charge in [-0.25, -0.2) is 4.79 Å². The lowest BCUT2D eigenvalue weighted by molar-refractivity contribution is -0.0000192. The van der Waals surface area contributed by atoms with Crippen molar-refractivity contribution in [1.82, 2.24) is 9.47 Å². The molecule has 98 valence electrons. The lowest BCUT2D eigenvalue weighted by Crippen LogP contribution is -3.00. The van der Waals surface area contributed by atoms with Gasteiger partial charge >= 0.3 is 5.97 Å². The summed E-state index contributed by atoms with van der Waals surface area (Å²) in [4.78, 5) is 13.2. The number of para-hydroxylation sites is 1. The van der Waals surface area contributed by atoms with Gasteiger partial charge in [0, 0.05) is 24.0 Å². The summed E-state index contributed by atoms with van der Waals surface area (Å²) in [5.41, 5.74) is 1.33. The van der Waals surface area contributed by atoms with Crippen LogP contribution in [0.2, 0.25) is 0 Å². The summed E-state index contributed by atoms with van der Waals surface area (Å²) in [6.07, 6.45) is 0. The third-order valence-electron chi connectivity index (χ3n) is 2.80. The molecule has 18 heavy (non-hydrogen) atoms. The molecule has 0 amide bonds. The van der Waals surface area contributed by atoms with E-state index in [-0.39, 0.29) is 12.4 Å². The molecule has 0 atom stereocenters. The van der Waals surface area contributed by atoms with Crippen molar-refractivity contribution >= 4 is 16.9 Å². The van der Waals surface area contributed by atoms with Gasteiger partial charge in [0.05, 0.1) is 0 Å². The van der Waals surface area contributed by atoms with Gasteiger partial charge in [-0.2, -0.15) is 0 Å². The maximum Gasteiger partial charge on any atom is 0.352 e. The van der Waals surface area contributed by atoms with Crippen LogP contribution in [-0.4, -0.2) is 41.2 Å². The second-order valence-electron chi connectivity index (χ2n) is 4.35. The smallest absolute Gasteiger partial charge is 0.352 e. The van der Waals surface area contributed by atoms with E-state index in [2.05, 4.69) is 0 Å². The average molecular weight is 268 g/mol. The molecule has 1 aromatic heterocycles. The van der Waals surface area contributed by atoms with Crippen LogP contribution in [0.5, 0.6) is 0 Å². The molecular formula is C13H16ClN2O2-. The number of halogens is 1. The minimum absolute atomic E-state index is 0. The monoisotopic (exact) mass is 267 g/mol. The predicted molar refractivity (Wildman–Crippen MR) is 67.5 cm³/mol. The first-order chi connectivity index (χ1) is 8.09. The molecule has 1 heterocycles. The Morgan fingerprint density at radius 2 is 2.00 bits per heavy atom. The molecule has 2 rings (SSSR count). The molecule has 4 nitrogen and oxygen atoms in total. The minimum Gasteiger partial charge on any atom is -1.00 e. The number of aromatic carboxylic acids is 1. The molecule has 2 aromatic rings. The molecule has 0 aliphatic heterocycles. The largest absolute Gasteiger partial charge is 1.00 e. The number of likely N-dealkylation sites (N-methyl/N-ethyl adjacent to an activating group) is 1. The fourth-order valence-electron chi connectivity index (χ4n) is 1.93. The van der Waals surface area contributed by atoms with Gasteiger partial charge in [-0.15, -0.1) is 0 Å². The Hall–Kier alpha value is -1.52. The van der Waals surface area contributed by atoms with E-state index in [0.29, 0.717) is 12.2 Å². The summed E-state index contributed by atoms with van der Waals surface area (Å²) in [6, 6.07) is 9.48. The van der Waals surface area contributed by atoms with Crippen molar-refractivity contribution in [3.63, 3.8) is 0 Å². The molecule has 1 N–H and O–H groups in total. The van der Waals surface area contributed by atoms with Gasteiger partial charge in [-0.05, 0) is 26.2 Å². The van der Waals surface area contributed by atoms with E-state index < -0.39 is 5.97 Å². The number of hydrogen-bond donors (Lipinski definition) is 1. The van der Waals surface area contributed by atoms with Gasteiger partial charge in [0.2, 0.25) is 0 Å². The van der Waals surface area contributed by atoms with Crippen LogP contribution in [0.25, 0.3) is 10.9 Å². The molecule has 0 unspecified atom stereocenters. The van der Waals surface area contributed by atoms with E-state index >= 15 is 0 Å². The molecule has 5 heteroatoms. The molecule has 0 bridgehead atoms. The summed E-state index contributed by atoms with van der Waals surface area (Å²) >= 11 is 0. The first-order valence-electron chi connectivity index (χ1n) is 5.56. The summed E-state index contributed by atoms with van der Waals surface area (Å²) in [5, 5.41) is 10.2. The molecule has 0 aliphatic carbocycles. The summed E-state index contributed by atoms with van der Waals surface area (Å²) < 4.78 is 1.86. The Bertz CT molecular complexity index is 549. The van der Waals surface area contributed by atoms with Crippen molar-refractivity contribution in [3.05, 3.63) is 36.0 Å². The number of aromatic nitrogens is 1. The Labute approximate surface area is 112 Å². The van der Waals surface area contributed by atoms with Crippen LogP contribution in [0.1, 0.15) is 10.5 Å².